The lowest BCUT2D eigenvalue weighted by atomic mass is 9.90. The van der Waals surface area contributed by atoms with Crippen molar-refractivity contribution in [2.45, 2.75) is 32.7 Å². The van der Waals surface area contributed by atoms with Gasteiger partial charge in [0.2, 0.25) is 0 Å². The average molecular weight is 294 g/mol. The van der Waals surface area contributed by atoms with Gasteiger partial charge in [0.05, 0.1) is 12.2 Å². The van der Waals surface area contributed by atoms with Crippen molar-refractivity contribution in [3.8, 4) is 5.75 Å². The SMILES string of the molecule is CCOc1c(F)cccc1C(=O)N1CCC(C(C)N)CC1. The first-order valence-electron chi connectivity index (χ1n) is 7.50. The Labute approximate surface area is 125 Å². The number of para-hydroxylation sites is 1. The molecule has 1 unspecified atom stereocenters. The monoisotopic (exact) mass is 294 g/mol. The summed E-state index contributed by atoms with van der Waals surface area (Å²) in [5, 5.41) is 0. The first kappa shape index (κ1) is 15.8. The molecule has 1 aromatic rings. The van der Waals surface area contributed by atoms with Crippen LogP contribution in [0.25, 0.3) is 0 Å². The predicted octanol–water partition coefficient (Wildman–Crippen LogP) is 2.42. The van der Waals surface area contributed by atoms with Crippen LogP contribution in [0.5, 0.6) is 5.75 Å². The molecule has 0 aromatic heterocycles. The number of amides is 1. The van der Waals surface area contributed by atoms with E-state index in [9.17, 15) is 9.18 Å². The van der Waals surface area contributed by atoms with E-state index >= 15 is 0 Å². The summed E-state index contributed by atoms with van der Waals surface area (Å²) in [7, 11) is 0. The maximum atomic E-state index is 13.8. The van der Waals surface area contributed by atoms with Gasteiger partial charge in [-0.05, 0) is 44.7 Å². The summed E-state index contributed by atoms with van der Waals surface area (Å²) in [5.74, 6) is -0.151. The Bertz CT molecular complexity index is 497. The fourth-order valence-corrected chi connectivity index (χ4v) is 2.77. The number of piperidine rings is 1. The molecule has 1 saturated heterocycles. The lowest BCUT2D eigenvalue weighted by Crippen LogP contribution is -2.42. The van der Waals surface area contributed by atoms with E-state index in [1.54, 1.807) is 24.0 Å². The molecule has 1 fully saturated rings. The molecule has 1 heterocycles. The smallest absolute Gasteiger partial charge is 0.257 e. The highest BCUT2D eigenvalue weighted by Crippen LogP contribution is 2.27. The number of ether oxygens (including phenoxy) is 1. The van der Waals surface area contributed by atoms with Crippen LogP contribution in [0.1, 0.15) is 37.0 Å². The van der Waals surface area contributed by atoms with Crippen molar-refractivity contribution >= 4 is 5.91 Å². The summed E-state index contributed by atoms with van der Waals surface area (Å²) in [5.41, 5.74) is 6.21. The van der Waals surface area contributed by atoms with E-state index in [-0.39, 0.29) is 17.7 Å². The van der Waals surface area contributed by atoms with E-state index in [1.807, 2.05) is 6.92 Å². The zero-order valence-corrected chi connectivity index (χ0v) is 12.6. The second-order valence-electron chi connectivity index (χ2n) is 5.54. The second kappa shape index (κ2) is 6.89. The molecule has 0 spiro atoms. The Kier molecular flexibility index (Phi) is 5.17. The molecule has 0 aliphatic carbocycles. The van der Waals surface area contributed by atoms with E-state index in [1.165, 1.54) is 6.07 Å². The lowest BCUT2D eigenvalue weighted by molar-refractivity contribution is 0.0676. The topological polar surface area (TPSA) is 55.6 Å². The minimum absolute atomic E-state index is 0.0549. The van der Waals surface area contributed by atoms with Gasteiger partial charge in [0.15, 0.2) is 11.6 Å². The number of nitrogens with two attached hydrogens (primary N) is 1. The van der Waals surface area contributed by atoms with Crippen molar-refractivity contribution in [2.75, 3.05) is 19.7 Å². The zero-order chi connectivity index (χ0) is 15.4. The number of carbonyl (C=O) groups excluding carboxylic acids is 1. The van der Waals surface area contributed by atoms with Crippen LogP contribution in [0.4, 0.5) is 4.39 Å². The second-order valence-corrected chi connectivity index (χ2v) is 5.54. The molecule has 116 valence electrons. The minimum Gasteiger partial charge on any atom is -0.490 e. The van der Waals surface area contributed by atoms with E-state index in [0.29, 0.717) is 31.2 Å². The molecule has 0 saturated carbocycles. The standard InChI is InChI=1S/C16H23FN2O2/c1-3-21-15-13(5-4-6-14(15)17)16(20)19-9-7-12(8-10-19)11(2)18/h4-6,11-12H,3,7-10,18H2,1-2H3. The van der Waals surface area contributed by atoms with Crippen LogP contribution in [0.15, 0.2) is 18.2 Å². The number of nitrogens with zero attached hydrogens (tertiary/aromatic N) is 1. The van der Waals surface area contributed by atoms with E-state index in [0.717, 1.165) is 12.8 Å². The van der Waals surface area contributed by atoms with Gasteiger partial charge < -0.3 is 15.4 Å². The average Bonchev–Trinajstić information content (AvgIpc) is 2.49. The van der Waals surface area contributed by atoms with E-state index in [4.69, 9.17) is 10.5 Å². The third-order valence-corrected chi connectivity index (χ3v) is 4.06. The van der Waals surface area contributed by atoms with Crippen LogP contribution in [0.2, 0.25) is 0 Å². The van der Waals surface area contributed by atoms with Crippen LogP contribution < -0.4 is 10.5 Å². The van der Waals surface area contributed by atoms with Gasteiger partial charge in [-0.15, -0.1) is 0 Å². The molecule has 0 bridgehead atoms. The van der Waals surface area contributed by atoms with Crippen molar-refractivity contribution in [2.24, 2.45) is 11.7 Å². The number of carbonyl (C=O) groups is 1. The predicted molar refractivity (Wildman–Crippen MR) is 79.8 cm³/mol. The molecular formula is C16H23FN2O2. The first-order valence-corrected chi connectivity index (χ1v) is 7.50. The number of benzene rings is 1. The van der Waals surface area contributed by atoms with Crippen LogP contribution in [-0.2, 0) is 0 Å². The van der Waals surface area contributed by atoms with Crippen LogP contribution >= 0.6 is 0 Å². The summed E-state index contributed by atoms with van der Waals surface area (Å²) in [6, 6.07) is 4.62. The van der Waals surface area contributed by atoms with Crippen LogP contribution in [-0.4, -0.2) is 36.5 Å². The van der Waals surface area contributed by atoms with Gasteiger partial charge in [-0.25, -0.2) is 4.39 Å². The number of rotatable bonds is 4. The number of likely N-dealkylation sites (tertiary alicyclic amines) is 1. The summed E-state index contributed by atoms with van der Waals surface area (Å²) < 4.78 is 19.1. The van der Waals surface area contributed by atoms with Gasteiger partial charge in [0.1, 0.15) is 0 Å². The van der Waals surface area contributed by atoms with Gasteiger partial charge in [-0.1, -0.05) is 6.07 Å². The highest BCUT2D eigenvalue weighted by atomic mass is 19.1. The molecule has 2 N–H and O–H groups in total. The van der Waals surface area contributed by atoms with Gasteiger partial charge in [-0.2, -0.15) is 0 Å². The van der Waals surface area contributed by atoms with Crippen LogP contribution in [0, 0.1) is 11.7 Å². The van der Waals surface area contributed by atoms with Gasteiger partial charge >= 0.3 is 0 Å². The molecule has 1 aromatic carbocycles. The Hall–Kier alpha value is -1.62. The summed E-state index contributed by atoms with van der Waals surface area (Å²) in [4.78, 5) is 14.3. The van der Waals surface area contributed by atoms with E-state index < -0.39 is 5.82 Å². The number of hydrogen-bond donors (Lipinski definition) is 1. The molecule has 21 heavy (non-hydrogen) atoms. The molecular weight excluding hydrogens is 271 g/mol. The van der Waals surface area contributed by atoms with Crippen LogP contribution in [0.3, 0.4) is 0 Å². The van der Waals surface area contributed by atoms with Crippen molar-refractivity contribution in [3.05, 3.63) is 29.6 Å². The number of halogens is 1. The lowest BCUT2D eigenvalue weighted by Gasteiger charge is -2.34. The molecule has 1 atom stereocenters. The summed E-state index contributed by atoms with van der Waals surface area (Å²) in [6.07, 6.45) is 1.78. The van der Waals surface area contributed by atoms with Gasteiger partial charge in [0, 0.05) is 19.1 Å². The largest absolute Gasteiger partial charge is 0.490 e. The third-order valence-electron chi connectivity index (χ3n) is 4.06. The molecule has 2 rings (SSSR count). The maximum Gasteiger partial charge on any atom is 0.257 e. The highest BCUT2D eigenvalue weighted by Gasteiger charge is 2.27. The molecule has 1 amide bonds. The van der Waals surface area contributed by atoms with Gasteiger partial charge in [-0.3, -0.25) is 4.79 Å². The fourth-order valence-electron chi connectivity index (χ4n) is 2.77. The fraction of sp³-hybridized carbons (Fsp3) is 0.562. The highest BCUT2D eigenvalue weighted by molar-refractivity contribution is 5.97. The number of hydrogen-bond acceptors (Lipinski definition) is 3. The minimum atomic E-state index is -0.492. The molecule has 0 radical (unpaired) electrons. The third kappa shape index (κ3) is 3.53. The Morgan fingerprint density at radius 1 is 1.48 bits per heavy atom. The summed E-state index contributed by atoms with van der Waals surface area (Å²) in [6.45, 7) is 5.42. The molecule has 1 aliphatic heterocycles. The summed E-state index contributed by atoms with van der Waals surface area (Å²) >= 11 is 0. The maximum absolute atomic E-state index is 13.8. The quantitative estimate of drug-likeness (QED) is 0.928. The van der Waals surface area contributed by atoms with Gasteiger partial charge in [0.25, 0.3) is 5.91 Å². The normalized spacial score (nSPS) is 17.6. The van der Waals surface area contributed by atoms with Crippen molar-refractivity contribution in [1.82, 2.24) is 4.90 Å². The zero-order valence-electron chi connectivity index (χ0n) is 12.6. The van der Waals surface area contributed by atoms with Crippen molar-refractivity contribution in [3.63, 3.8) is 0 Å². The van der Waals surface area contributed by atoms with E-state index in [2.05, 4.69) is 0 Å². The molecule has 1 aliphatic rings. The van der Waals surface area contributed by atoms with Crippen molar-refractivity contribution < 1.29 is 13.9 Å². The Balaban J connectivity index is 2.12. The molecule has 4 nitrogen and oxygen atoms in total. The Morgan fingerprint density at radius 2 is 2.14 bits per heavy atom. The van der Waals surface area contributed by atoms with Crippen molar-refractivity contribution in [1.29, 1.82) is 0 Å². The molecule has 5 heteroatoms. The Morgan fingerprint density at radius 3 is 2.71 bits per heavy atom. The first-order chi connectivity index (χ1) is 10.0.